The minimum absolute atomic E-state index is 0.373. The normalized spacial score (nSPS) is 10.3. The molecular formula is C15H16N2O2. The van der Waals surface area contributed by atoms with Crippen molar-refractivity contribution < 1.29 is 9.53 Å². The molecule has 0 amide bonds. The first kappa shape index (κ1) is 13.1. The molecule has 98 valence electrons. The first-order valence-corrected chi connectivity index (χ1v) is 5.94. The maximum atomic E-state index is 11.5. The van der Waals surface area contributed by atoms with E-state index in [0.717, 1.165) is 22.5 Å². The lowest BCUT2D eigenvalue weighted by Crippen LogP contribution is -2.04. The third-order valence-electron chi connectivity index (χ3n) is 3.02. The van der Waals surface area contributed by atoms with Gasteiger partial charge in [-0.3, -0.25) is 0 Å². The van der Waals surface area contributed by atoms with E-state index in [1.54, 1.807) is 4.68 Å². The molecule has 0 spiro atoms. The molecule has 0 fully saturated rings. The summed E-state index contributed by atoms with van der Waals surface area (Å²) in [4.78, 5) is 11.5. The Hall–Kier alpha value is -2.36. The number of aromatic nitrogens is 2. The number of hydrogen-bond acceptors (Lipinski definition) is 3. The number of carbonyl (C=O) groups is 1. The number of carbonyl (C=O) groups excluding carboxylic acids is 1. The summed E-state index contributed by atoms with van der Waals surface area (Å²) in [5.74, 6) is -0.373. The number of allylic oxidation sites excluding steroid dienone is 1. The van der Waals surface area contributed by atoms with E-state index in [9.17, 15) is 4.79 Å². The zero-order chi connectivity index (χ0) is 14.0. The van der Waals surface area contributed by atoms with Crippen molar-refractivity contribution in [2.75, 3.05) is 7.11 Å². The van der Waals surface area contributed by atoms with E-state index >= 15 is 0 Å². The average molecular weight is 256 g/mol. The van der Waals surface area contributed by atoms with Crippen molar-refractivity contribution in [1.82, 2.24) is 9.78 Å². The molecule has 2 aromatic rings. The van der Waals surface area contributed by atoms with E-state index in [1.165, 1.54) is 13.3 Å². The van der Waals surface area contributed by atoms with E-state index in [0.29, 0.717) is 5.56 Å². The molecule has 0 atom stereocenters. The quantitative estimate of drug-likeness (QED) is 0.793. The van der Waals surface area contributed by atoms with E-state index in [4.69, 9.17) is 4.74 Å². The maximum Gasteiger partial charge on any atom is 0.341 e. The molecule has 0 bridgehead atoms. The van der Waals surface area contributed by atoms with Crippen LogP contribution in [0.25, 0.3) is 11.3 Å². The van der Waals surface area contributed by atoms with Crippen LogP contribution in [-0.4, -0.2) is 22.9 Å². The van der Waals surface area contributed by atoms with Crippen LogP contribution < -0.4 is 0 Å². The number of esters is 1. The number of nitrogens with zero attached hydrogens (tertiary/aromatic N) is 2. The highest BCUT2D eigenvalue weighted by atomic mass is 16.5. The van der Waals surface area contributed by atoms with Crippen LogP contribution in [0.4, 0.5) is 0 Å². The van der Waals surface area contributed by atoms with E-state index in [1.807, 2.05) is 38.1 Å². The summed E-state index contributed by atoms with van der Waals surface area (Å²) in [5.41, 5.74) is 4.24. The molecule has 0 radical (unpaired) electrons. The summed E-state index contributed by atoms with van der Waals surface area (Å²) in [6, 6.07) is 7.86. The van der Waals surface area contributed by atoms with E-state index < -0.39 is 0 Å². The Morgan fingerprint density at radius 2 is 1.95 bits per heavy atom. The topological polar surface area (TPSA) is 44.1 Å². The van der Waals surface area contributed by atoms with Crippen molar-refractivity contribution in [2.45, 2.75) is 13.8 Å². The third kappa shape index (κ3) is 2.42. The van der Waals surface area contributed by atoms with Gasteiger partial charge in [0.05, 0.1) is 24.7 Å². The van der Waals surface area contributed by atoms with Crippen molar-refractivity contribution in [2.24, 2.45) is 0 Å². The molecule has 0 saturated carbocycles. The van der Waals surface area contributed by atoms with Crippen molar-refractivity contribution in [3.8, 4) is 5.69 Å². The SMILES string of the molecule is C=C(C)c1ccc(-n2ncc(C(=O)OC)c2C)cc1. The summed E-state index contributed by atoms with van der Waals surface area (Å²) >= 11 is 0. The second-order valence-electron chi connectivity index (χ2n) is 4.37. The molecule has 1 aromatic heterocycles. The van der Waals surface area contributed by atoms with Gasteiger partial charge >= 0.3 is 5.97 Å². The molecule has 2 rings (SSSR count). The minimum Gasteiger partial charge on any atom is -0.465 e. The zero-order valence-corrected chi connectivity index (χ0v) is 11.3. The molecule has 0 saturated heterocycles. The number of rotatable bonds is 3. The fraction of sp³-hybridized carbons (Fsp3) is 0.200. The van der Waals surface area contributed by atoms with Crippen molar-refractivity contribution in [1.29, 1.82) is 0 Å². The van der Waals surface area contributed by atoms with E-state index in [-0.39, 0.29) is 5.97 Å². The van der Waals surface area contributed by atoms with Gasteiger partial charge in [-0.15, -0.1) is 0 Å². The molecule has 0 N–H and O–H groups in total. The average Bonchev–Trinajstić information content (AvgIpc) is 2.80. The van der Waals surface area contributed by atoms with Crippen LogP contribution in [0.1, 0.15) is 28.5 Å². The Morgan fingerprint density at radius 3 is 2.47 bits per heavy atom. The second kappa shape index (κ2) is 5.10. The summed E-state index contributed by atoms with van der Waals surface area (Å²) in [6.07, 6.45) is 1.52. The molecule has 4 heteroatoms. The zero-order valence-electron chi connectivity index (χ0n) is 11.3. The highest BCUT2D eigenvalue weighted by Crippen LogP contribution is 2.18. The lowest BCUT2D eigenvalue weighted by Gasteiger charge is -2.06. The first-order chi connectivity index (χ1) is 9.04. The molecule has 19 heavy (non-hydrogen) atoms. The molecule has 0 unspecified atom stereocenters. The maximum absolute atomic E-state index is 11.5. The van der Waals surface area contributed by atoms with Crippen molar-refractivity contribution in [3.05, 3.63) is 53.9 Å². The van der Waals surface area contributed by atoms with Gasteiger partial charge in [-0.05, 0) is 31.5 Å². The van der Waals surface area contributed by atoms with Crippen LogP contribution in [-0.2, 0) is 4.74 Å². The van der Waals surface area contributed by atoms with E-state index in [2.05, 4.69) is 11.7 Å². The number of ether oxygens (including phenoxy) is 1. The Labute approximate surface area is 112 Å². The summed E-state index contributed by atoms with van der Waals surface area (Å²) in [7, 11) is 1.36. The summed E-state index contributed by atoms with van der Waals surface area (Å²) < 4.78 is 6.43. The number of benzene rings is 1. The lowest BCUT2D eigenvalue weighted by atomic mass is 10.1. The van der Waals surface area contributed by atoms with Gasteiger partial charge in [-0.2, -0.15) is 5.10 Å². The highest BCUT2D eigenvalue weighted by Gasteiger charge is 2.15. The van der Waals surface area contributed by atoms with Gasteiger partial charge in [0, 0.05) is 0 Å². The minimum atomic E-state index is -0.373. The molecule has 1 aromatic carbocycles. The molecule has 0 aliphatic rings. The smallest absolute Gasteiger partial charge is 0.341 e. The molecular weight excluding hydrogens is 240 g/mol. The van der Waals surface area contributed by atoms with Crippen LogP contribution in [0, 0.1) is 6.92 Å². The molecule has 0 aliphatic carbocycles. The Kier molecular flexibility index (Phi) is 3.51. The van der Waals surface area contributed by atoms with Gasteiger partial charge in [0.15, 0.2) is 0 Å². The monoisotopic (exact) mass is 256 g/mol. The lowest BCUT2D eigenvalue weighted by molar-refractivity contribution is 0.0600. The predicted octanol–water partition coefficient (Wildman–Crippen LogP) is 3.00. The first-order valence-electron chi connectivity index (χ1n) is 5.94. The Balaban J connectivity index is 2.40. The third-order valence-corrected chi connectivity index (χ3v) is 3.02. The summed E-state index contributed by atoms with van der Waals surface area (Å²) in [5, 5.41) is 4.22. The van der Waals surface area contributed by atoms with Gasteiger partial charge < -0.3 is 4.74 Å². The Bertz CT molecular complexity index is 624. The molecule has 0 aliphatic heterocycles. The standard InChI is InChI=1S/C15H16N2O2/c1-10(2)12-5-7-13(8-6-12)17-11(3)14(9-16-17)15(18)19-4/h5-9H,1H2,2-4H3. The van der Waals surface area contributed by atoms with Gasteiger partial charge in [-0.25, -0.2) is 9.48 Å². The fourth-order valence-electron chi connectivity index (χ4n) is 1.87. The summed E-state index contributed by atoms with van der Waals surface area (Å²) in [6.45, 7) is 7.70. The van der Waals surface area contributed by atoms with Crippen LogP contribution >= 0.6 is 0 Å². The van der Waals surface area contributed by atoms with Crippen molar-refractivity contribution in [3.63, 3.8) is 0 Å². The van der Waals surface area contributed by atoms with Crippen LogP contribution in [0.15, 0.2) is 37.0 Å². The van der Waals surface area contributed by atoms with Gasteiger partial charge in [0.25, 0.3) is 0 Å². The van der Waals surface area contributed by atoms with Gasteiger partial charge in [0.1, 0.15) is 5.56 Å². The largest absolute Gasteiger partial charge is 0.465 e. The predicted molar refractivity (Wildman–Crippen MR) is 74.3 cm³/mol. The van der Waals surface area contributed by atoms with Crippen LogP contribution in [0.5, 0.6) is 0 Å². The van der Waals surface area contributed by atoms with Crippen LogP contribution in [0.3, 0.4) is 0 Å². The van der Waals surface area contributed by atoms with Crippen molar-refractivity contribution >= 4 is 11.5 Å². The highest BCUT2D eigenvalue weighted by molar-refractivity contribution is 5.90. The van der Waals surface area contributed by atoms with Gasteiger partial charge in [0.2, 0.25) is 0 Å². The second-order valence-corrected chi connectivity index (χ2v) is 4.37. The number of methoxy groups -OCH3 is 1. The molecule has 1 heterocycles. The molecule has 4 nitrogen and oxygen atoms in total. The van der Waals surface area contributed by atoms with Gasteiger partial charge in [-0.1, -0.05) is 24.3 Å². The fourth-order valence-corrected chi connectivity index (χ4v) is 1.87. The number of hydrogen-bond donors (Lipinski definition) is 0. The Morgan fingerprint density at radius 1 is 1.32 bits per heavy atom. The van der Waals surface area contributed by atoms with Crippen LogP contribution in [0.2, 0.25) is 0 Å².